The van der Waals surface area contributed by atoms with E-state index >= 15 is 0 Å². The molecule has 0 unspecified atom stereocenters. The average Bonchev–Trinajstić information content (AvgIpc) is 3.16. The second kappa shape index (κ2) is 5.08. The van der Waals surface area contributed by atoms with Crippen molar-refractivity contribution >= 4 is 0 Å². The van der Waals surface area contributed by atoms with E-state index in [9.17, 15) is 0 Å². The number of hydrogen-bond donors (Lipinski definition) is 1. The number of furan rings is 1. The van der Waals surface area contributed by atoms with Gasteiger partial charge in [-0.2, -0.15) is 5.10 Å². The fourth-order valence-electron chi connectivity index (χ4n) is 1.89. The zero-order valence-electron chi connectivity index (χ0n) is 11.1. The summed E-state index contributed by atoms with van der Waals surface area (Å²) in [6.45, 7) is 0. The molecule has 0 aliphatic carbocycles. The Morgan fingerprint density at radius 2 is 1.95 bits per heavy atom. The lowest BCUT2D eigenvalue weighted by molar-refractivity contribution is 0.355. The van der Waals surface area contributed by atoms with Crippen molar-refractivity contribution in [1.29, 1.82) is 0 Å². The highest BCUT2D eigenvalue weighted by Gasteiger charge is 2.12. The fourth-order valence-corrected chi connectivity index (χ4v) is 1.89. The summed E-state index contributed by atoms with van der Waals surface area (Å²) in [5.74, 6) is 3.09. The number of rotatable bonds is 4. The molecule has 0 saturated carbocycles. The maximum absolute atomic E-state index is 5.27. The first-order chi connectivity index (χ1) is 9.81. The van der Waals surface area contributed by atoms with E-state index in [1.165, 1.54) is 0 Å². The first kappa shape index (κ1) is 12.3. The van der Waals surface area contributed by atoms with Crippen molar-refractivity contribution in [2.75, 3.05) is 14.2 Å². The average molecular weight is 271 g/mol. The summed E-state index contributed by atoms with van der Waals surface area (Å²) in [6.07, 6.45) is 1.59. The van der Waals surface area contributed by atoms with Gasteiger partial charge in [0.25, 0.3) is 0 Å². The molecule has 3 aromatic rings. The number of methoxy groups -OCH3 is 2. The first-order valence-corrected chi connectivity index (χ1v) is 6.00. The molecule has 0 bridgehead atoms. The van der Waals surface area contributed by atoms with Crippen molar-refractivity contribution in [3.05, 3.63) is 36.6 Å². The summed E-state index contributed by atoms with van der Waals surface area (Å²) in [5.41, 5.74) is 0.830. The maximum Gasteiger partial charge on any atom is 0.192 e. The van der Waals surface area contributed by atoms with Gasteiger partial charge < -0.3 is 13.9 Å². The molecule has 6 heteroatoms. The monoisotopic (exact) mass is 271 g/mol. The van der Waals surface area contributed by atoms with Gasteiger partial charge in [-0.25, -0.2) is 4.98 Å². The van der Waals surface area contributed by atoms with E-state index in [2.05, 4.69) is 15.2 Å². The fraction of sp³-hybridized carbons (Fsp3) is 0.143. The SMILES string of the molecule is COc1ccc(-c2n[nH]c(-c3ccco3)n2)cc1OC. The van der Waals surface area contributed by atoms with Crippen LogP contribution in [0.3, 0.4) is 0 Å². The Labute approximate surface area is 115 Å². The van der Waals surface area contributed by atoms with Gasteiger partial charge in [0, 0.05) is 5.56 Å². The van der Waals surface area contributed by atoms with Gasteiger partial charge in [-0.05, 0) is 30.3 Å². The van der Waals surface area contributed by atoms with Crippen LogP contribution < -0.4 is 9.47 Å². The van der Waals surface area contributed by atoms with E-state index in [0.717, 1.165) is 5.56 Å². The highest BCUT2D eigenvalue weighted by Crippen LogP contribution is 2.31. The predicted molar refractivity (Wildman–Crippen MR) is 72.6 cm³/mol. The zero-order chi connectivity index (χ0) is 13.9. The number of aromatic amines is 1. The van der Waals surface area contributed by atoms with Crippen LogP contribution in [0.4, 0.5) is 0 Å². The van der Waals surface area contributed by atoms with Crippen LogP contribution in [0, 0.1) is 0 Å². The molecule has 1 N–H and O–H groups in total. The second-order valence-corrected chi connectivity index (χ2v) is 4.05. The minimum absolute atomic E-state index is 0.567. The Bertz CT molecular complexity index is 704. The van der Waals surface area contributed by atoms with E-state index in [1.54, 1.807) is 26.5 Å². The predicted octanol–water partition coefficient (Wildman–Crippen LogP) is 2.75. The minimum atomic E-state index is 0.567. The van der Waals surface area contributed by atoms with Crippen LogP contribution in [0.1, 0.15) is 0 Å². The molecule has 0 fully saturated rings. The van der Waals surface area contributed by atoms with Crippen LogP contribution >= 0.6 is 0 Å². The number of hydrogen-bond acceptors (Lipinski definition) is 5. The highest BCUT2D eigenvalue weighted by molar-refractivity contribution is 5.62. The van der Waals surface area contributed by atoms with Crippen molar-refractivity contribution in [3.63, 3.8) is 0 Å². The smallest absolute Gasteiger partial charge is 0.192 e. The molecule has 6 nitrogen and oxygen atoms in total. The summed E-state index contributed by atoms with van der Waals surface area (Å²) in [7, 11) is 3.19. The van der Waals surface area contributed by atoms with Gasteiger partial charge in [0.1, 0.15) is 0 Å². The third-order valence-electron chi connectivity index (χ3n) is 2.88. The van der Waals surface area contributed by atoms with Crippen LogP contribution in [-0.4, -0.2) is 29.4 Å². The molecule has 0 amide bonds. The van der Waals surface area contributed by atoms with E-state index in [1.807, 2.05) is 24.3 Å². The minimum Gasteiger partial charge on any atom is -0.493 e. The summed E-state index contributed by atoms with van der Waals surface area (Å²) < 4.78 is 15.7. The molecule has 2 heterocycles. The number of ether oxygens (including phenoxy) is 2. The molecular weight excluding hydrogens is 258 g/mol. The Kier molecular flexibility index (Phi) is 3.12. The normalized spacial score (nSPS) is 10.5. The molecule has 0 radical (unpaired) electrons. The van der Waals surface area contributed by atoms with Crippen molar-refractivity contribution in [2.24, 2.45) is 0 Å². The summed E-state index contributed by atoms with van der Waals surface area (Å²) in [5, 5.41) is 7.03. The standard InChI is InChI=1S/C14H13N3O3/c1-18-10-6-5-9(8-12(10)19-2)13-15-14(17-16-13)11-4-3-7-20-11/h3-8H,1-2H3,(H,15,16,17). The quantitative estimate of drug-likeness (QED) is 0.789. The van der Waals surface area contributed by atoms with Gasteiger partial charge in [0.05, 0.1) is 20.5 Å². The van der Waals surface area contributed by atoms with Crippen LogP contribution in [-0.2, 0) is 0 Å². The Morgan fingerprint density at radius 3 is 2.65 bits per heavy atom. The van der Waals surface area contributed by atoms with Crippen molar-refractivity contribution in [3.8, 4) is 34.5 Å². The van der Waals surface area contributed by atoms with Gasteiger partial charge >= 0.3 is 0 Å². The Hall–Kier alpha value is -2.76. The number of H-pyrrole nitrogens is 1. The molecule has 20 heavy (non-hydrogen) atoms. The highest BCUT2D eigenvalue weighted by atomic mass is 16.5. The van der Waals surface area contributed by atoms with Crippen LogP contribution in [0.15, 0.2) is 41.0 Å². The number of aromatic nitrogens is 3. The number of benzene rings is 1. The maximum atomic E-state index is 5.27. The van der Waals surface area contributed by atoms with Gasteiger partial charge in [0.15, 0.2) is 28.9 Å². The zero-order valence-corrected chi connectivity index (χ0v) is 11.1. The van der Waals surface area contributed by atoms with Crippen LogP contribution in [0.2, 0.25) is 0 Å². The molecule has 0 atom stereocenters. The Morgan fingerprint density at radius 1 is 1.10 bits per heavy atom. The van der Waals surface area contributed by atoms with Crippen molar-refractivity contribution < 1.29 is 13.9 Å². The van der Waals surface area contributed by atoms with E-state index in [4.69, 9.17) is 13.9 Å². The molecule has 102 valence electrons. The van der Waals surface area contributed by atoms with Crippen LogP contribution in [0.5, 0.6) is 11.5 Å². The summed E-state index contributed by atoms with van der Waals surface area (Å²) in [4.78, 5) is 4.40. The molecule has 0 spiro atoms. The number of nitrogens with one attached hydrogen (secondary N) is 1. The molecular formula is C14H13N3O3. The molecule has 0 aliphatic heterocycles. The first-order valence-electron chi connectivity index (χ1n) is 6.00. The molecule has 2 aromatic heterocycles. The Balaban J connectivity index is 1.97. The van der Waals surface area contributed by atoms with Crippen molar-refractivity contribution in [1.82, 2.24) is 15.2 Å². The van der Waals surface area contributed by atoms with Crippen molar-refractivity contribution in [2.45, 2.75) is 0 Å². The topological polar surface area (TPSA) is 73.2 Å². The van der Waals surface area contributed by atoms with Gasteiger partial charge in [-0.3, -0.25) is 5.10 Å². The molecule has 1 aromatic carbocycles. The number of nitrogens with zero attached hydrogens (tertiary/aromatic N) is 2. The third-order valence-corrected chi connectivity index (χ3v) is 2.88. The molecule has 0 aliphatic rings. The second-order valence-electron chi connectivity index (χ2n) is 4.05. The van der Waals surface area contributed by atoms with Gasteiger partial charge in [-0.1, -0.05) is 0 Å². The molecule has 3 rings (SSSR count). The van der Waals surface area contributed by atoms with E-state index in [-0.39, 0.29) is 0 Å². The largest absolute Gasteiger partial charge is 0.493 e. The van der Waals surface area contributed by atoms with Gasteiger partial charge in [0.2, 0.25) is 0 Å². The van der Waals surface area contributed by atoms with Gasteiger partial charge in [-0.15, -0.1) is 0 Å². The summed E-state index contributed by atoms with van der Waals surface area (Å²) >= 11 is 0. The van der Waals surface area contributed by atoms with Crippen LogP contribution in [0.25, 0.3) is 23.0 Å². The summed E-state index contributed by atoms with van der Waals surface area (Å²) in [6, 6.07) is 9.13. The van der Waals surface area contributed by atoms with E-state index in [0.29, 0.717) is 28.9 Å². The lowest BCUT2D eigenvalue weighted by Gasteiger charge is -2.07. The van der Waals surface area contributed by atoms with E-state index < -0.39 is 0 Å². The lowest BCUT2D eigenvalue weighted by atomic mass is 10.2. The lowest BCUT2D eigenvalue weighted by Crippen LogP contribution is -1.91. The molecule has 0 saturated heterocycles. The third kappa shape index (κ3) is 2.11.